The van der Waals surface area contributed by atoms with Gasteiger partial charge in [0.1, 0.15) is 6.04 Å². The molecule has 1 aliphatic rings. The van der Waals surface area contributed by atoms with Gasteiger partial charge in [0, 0.05) is 24.6 Å². The number of carbonyl (C=O) groups is 2. The van der Waals surface area contributed by atoms with Gasteiger partial charge in [-0.15, -0.1) is 0 Å². The average molecular weight is 499 g/mol. The van der Waals surface area contributed by atoms with Crippen molar-refractivity contribution in [1.82, 2.24) is 25.1 Å². The van der Waals surface area contributed by atoms with E-state index >= 15 is 0 Å². The lowest BCUT2D eigenvalue weighted by molar-refractivity contribution is -0.122. The summed E-state index contributed by atoms with van der Waals surface area (Å²) in [6.07, 6.45) is 3.45. The normalized spacial score (nSPS) is 14.2. The first kappa shape index (κ1) is 25.4. The van der Waals surface area contributed by atoms with Crippen molar-refractivity contribution in [3.63, 3.8) is 0 Å². The van der Waals surface area contributed by atoms with Gasteiger partial charge in [0.2, 0.25) is 0 Å². The number of fused-ring (bicyclic) bond motifs is 1. The molecule has 1 atom stereocenters. The van der Waals surface area contributed by atoms with Gasteiger partial charge in [-0.1, -0.05) is 20.8 Å². The fourth-order valence-corrected chi connectivity index (χ4v) is 3.98. The number of halogens is 2. The summed E-state index contributed by atoms with van der Waals surface area (Å²) < 4.78 is 34.1. The molecular weight excluding hydrogens is 470 g/mol. The van der Waals surface area contributed by atoms with E-state index in [0.717, 1.165) is 12.1 Å². The van der Waals surface area contributed by atoms with Gasteiger partial charge in [-0.05, 0) is 30.5 Å². The largest absolute Gasteiger partial charge is 0.376 e. The van der Waals surface area contributed by atoms with Crippen molar-refractivity contribution in [3.8, 4) is 11.3 Å². The van der Waals surface area contributed by atoms with Crippen LogP contribution in [0.5, 0.6) is 0 Å². The Morgan fingerprint density at radius 2 is 1.92 bits per heavy atom. The van der Waals surface area contributed by atoms with Crippen LogP contribution in [0.25, 0.3) is 11.3 Å². The van der Waals surface area contributed by atoms with Crippen LogP contribution in [0.3, 0.4) is 0 Å². The van der Waals surface area contributed by atoms with E-state index in [4.69, 9.17) is 4.74 Å². The predicted octanol–water partition coefficient (Wildman–Crippen LogP) is 3.63. The highest BCUT2D eigenvalue weighted by Gasteiger charge is 2.37. The molecule has 0 aliphatic carbocycles. The standard InChI is InChI=1S/C25H28F2N6O3/c1-14-11-29-20(12-28-14)32(5)23(34)22(25(2,3)4)30-24(35)33-19-8-9-36-13-16(19)21(31-33)15-6-7-17(26)18(27)10-15/h6-7,10-12,22H,8-9,13H2,1-5H3,(H,30,35)/t22-/m1/s1. The summed E-state index contributed by atoms with van der Waals surface area (Å²) in [5, 5.41) is 7.25. The molecule has 0 fully saturated rings. The van der Waals surface area contributed by atoms with E-state index in [-0.39, 0.29) is 12.5 Å². The fourth-order valence-electron chi connectivity index (χ4n) is 3.98. The van der Waals surface area contributed by atoms with Crippen LogP contribution in [0, 0.1) is 24.0 Å². The van der Waals surface area contributed by atoms with Crippen molar-refractivity contribution in [1.29, 1.82) is 0 Å². The van der Waals surface area contributed by atoms with E-state index in [1.165, 1.54) is 21.8 Å². The molecule has 11 heteroatoms. The average Bonchev–Trinajstić information content (AvgIpc) is 3.23. The quantitative estimate of drug-likeness (QED) is 0.589. The molecule has 2 aromatic heterocycles. The van der Waals surface area contributed by atoms with Gasteiger partial charge >= 0.3 is 6.03 Å². The molecule has 0 spiro atoms. The molecule has 3 aromatic rings. The van der Waals surface area contributed by atoms with Crippen LogP contribution in [0.15, 0.2) is 30.6 Å². The van der Waals surface area contributed by atoms with E-state index in [1.54, 1.807) is 20.2 Å². The number of likely N-dealkylation sites (N-methyl/N-ethyl adjacent to an activating group) is 1. The monoisotopic (exact) mass is 498 g/mol. The third-order valence-corrected chi connectivity index (χ3v) is 6.03. The number of hydrogen-bond donors (Lipinski definition) is 1. The van der Waals surface area contributed by atoms with Crippen LogP contribution in [0.2, 0.25) is 0 Å². The second-order valence-electron chi connectivity index (χ2n) is 9.78. The SMILES string of the molecule is Cc1cnc(N(C)C(=O)[C@@H](NC(=O)n2nc(-c3ccc(F)c(F)c3)c3c2CCOC3)C(C)(C)C)cn1. The zero-order valence-electron chi connectivity index (χ0n) is 20.8. The van der Waals surface area contributed by atoms with Gasteiger partial charge in [0.15, 0.2) is 17.5 Å². The molecule has 1 aromatic carbocycles. The summed E-state index contributed by atoms with van der Waals surface area (Å²) in [4.78, 5) is 36.7. The second kappa shape index (κ2) is 9.73. The van der Waals surface area contributed by atoms with Crippen molar-refractivity contribution in [2.45, 2.75) is 46.8 Å². The number of nitrogens with one attached hydrogen (secondary N) is 1. The van der Waals surface area contributed by atoms with E-state index in [9.17, 15) is 18.4 Å². The number of nitrogens with zero attached hydrogens (tertiary/aromatic N) is 5. The number of anilines is 1. The Morgan fingerprint density at radius 1 is 1.17 bits per heavy atom. The van der Waals surface area contributed by atoms with Crippen LogP contribution in [0.1, 0.15) is 37.7 Å². The molecule has 190 valence electrons. The molecule has 36 heavy (non-hydrogen) atoms. The number of aromatic nitrogens is 4. The van der Waals surface area contributed by atoms with Gasteiger partial charge in [-0.2, -0.15) is 9.78 Å². The van der Waals surface area contributed by atoms with Crippen molar-refractivity contribution >= 4 is 17.8 Å². The highest BCUT2D eigenvalue weighted by molar-refractivity contribution is 5.98. The lowest BCUT2D eigenvalue weighted by Gasteiger charge is -2.33. The maximum Gasteiger partial charge on any atom is 0.343 e. The number of rotatable bonds is 4. The summed E-state index contributed by atoms with van der Waals surface area (Å²) in [5.74, 6) is -2.02. The third kappa shape index (κ3) is 4.97. The predicted molar refractivity (Wildman–Crippen MR) is 128 cm³/mol. The molecule has 1 N–H and O–H groups in total. The molecule has 1 aliphatic heterocycles. The first-order valence-corrected chi connectivity index (χ1v) is 11.5. The minimum atomic E-state index is -1.02. The third-order valence-electron chi connectivity index (χ3n) is 6.03. The Morgan fingerprint density at radius 3 is 2.56 bits per heavy atom. The highest BCUT2D eigenvalue weighted by Crippen LogP contribution is 2.30. The number of aryl methyl sites for hydroxylation is 1. The first-order chi connectivity index (χ1) is 17.0. The van der Waals surface area contributed by atoms with Crippen LogP contribution in [-0.2, 0) is 22.6 Å². The minimum absolute atomic E-state index is 0.174. The molecule has 0 bridgehead atoms. The number of carbonyl (C=O) groups excluding carboxylic acids is 2. The van der Waals surface area contributed by atoms with Gasteiger partial charge < -0.3 is 10.1 Å². The van der Waals surface area contributed by atoms with Crippen molar-refractivity contribution in [3.05, 3.63) is 59.2 Å². The molecule has 0 saturated heterocycles. The summed E-state index contributed by atoms with van der Waals surface area (Å²) in [5.41, 5.74) is 1.92. The Labute approximate surface area is 207 Å². The van der Waals surface area contributed by atoms with Crippen molar-refractivity contribution in [2.75, 3.05) is 18.6 Å². The topological polar surface area (TPSA) is 102 Å². The summed E-state index contributed by atoms with van der Waals surface area (Å²) in [6, 6.07) is 1.91. The maximum absolute atomic E-state index is 13.9. The van der Waals surface area contributed by atoms with E-state index < -0.39 is 29.1 Å². The molecule has 0 unspecified atom stereocenters. The lowest BCUT2D eigenvalue weighted by atomic mass is 9.86. The summed E-state index contributed by atoms with van der Waals surface area (Å²) in [6.45, 7) is 7.85. The lowest BCUT2D eigenvalue weighted by Crippen LogP contribution is -2.55. The summed E-state index contributed by atoms with van der Waals surface area (Å²) in [7, 11) is 1.57. The van der Waals surface area contributed by atoms with Gasteiger partial charge in [-0.25, -0.2) is 18.6 Å². The second-order valence-corrected chi connectivity index (χ2v) is 9.78. The molecule has 0 saturated carbocycles. The fraction of sp³-hybridized carbons (Fsp3) is 0.400. The minimum Gasteiger partial charge on any atom is -0.376 e. The Bertz CT molecular complexity index is 1300. The Hall–Kier alpha value is -3.73. The Kier molecular flexibility index (Phi) is 6.85. The number of amides is 2. The van der Waals surface area contributed by atoms with Gasteiger partial charge in [-0.3, -0.25) is 14.7 Å². The molecule has 4 rings (SSSR count). The van der Waals surface area contributed by atoms with Crippen LogP contribution < -0.4 is 10.2 Å². The number of benzene rings is 1. The zero-order valence-corrected chi connectivity index (χ0v) is 20.8. The smallest absolute Gasteiger partial charge is 0.343 e. The number of hydrogen-bond acceptors (Lipinski definition) is 6. The molecular formula is C25H28F2N6O3. The van der Waals surface area contributed by atoms with Gasteiger partial charge in [0.25, 0.3) is 5.91 Å². The molecule has 2 amide bonds. The Balaban J connectivity index is 1.67. The van der Waals surface area contributed by atoms with Crippen molar-refractivity contribution < 1.29 is 23.1 Å². The summed E-state index contributed by atoms with van der Waals surface area (Å²) >= 11 is 0. The molecule has 3 heterocycles. The van der Waals surface area contributed by atoms with E-state index in [1.807, 2.05) is 20.8 Å². The first-order valence-electron chi connectivity index (χ1n) is 11.5. The van der Waals surface area contributed by atoms with E-state index in [0.29, 0.717) is 47.1 Å². The van der Waals surface area contributed by atoms with Crippen molar-refractivity contribution in [2.24, 2.45) is 5.41 Å². The van der Waals surface area contributed by atoms with Crippen LogP contribution in [-0.4, -0.2) is 51.4 Å². The highest BCUT2D eigenvalue weighted by atomic mass is 19.2. The zero-order chi connectivity index (χ0) is 26.2. The van der Waals surface area contributed by atoms with E-state index in [2.05, 4.69) is 20.4 Å². The van der Waals surface area contributed by atoms with Crippen LogP contribution >= 0.6 is 0 Å². The molecule has 0 radical (unpaired) electrons. The maximum atomic E-state index is 13.9. The number of ether oxygens (including phenoxy) is 1. The van der Waals surface area contributed by atoms with Crippen LogP contribution in [0.4, 0.5) is 19.4 Å². The van der Waals surface area contributed by atoms with Gasteiger partial charge in [0.05, 0.1) is 42.7 Å². The molecule has 9 nitrogen and oxygen atoms in total.